The van der Waals surface area contributed by atoms with Gasteiger partial charge in [-0.2, -0.15) is 0 Å². The van der Waals surface area contributed by atoms with E-state index >= 15 is 0 Å². The number of aliphatic hydroxyl groups is 1. The van der Waals surface area contributed by atoms with E-state index in [1.54, 1.807) is 19.1 Å². The van der Waals surface area contributed by atoms with E-state index in [-0.39, 0.29) is 11.7 Å². The molecule has 2 N–H and O–H groups in total. The van der Waals surface area contributed by atoms with Gasteiger partial charge in [-0.15, -0.1) is 0 Å². The Labute approximate surface area is 107 Å². The van der Waals surface area contributed by atoms with Gasteiger partial charge >= 0.3 is 0 Å². The summed E-state index contributed by atoms with van der Waals surface area (Å²) in [5.74, 6) is -0.270. The van der Waals surface area contributed by atoms with Crippen molar-refractivity contribution in [3.8, 4) is 0 Å². The van der Waals surface area contributed by atoms with Crippen molar-refractivity contribution in [2.45, 2.75) is 39.2 Å². The SMILES string of the molecule is CCNC(=O)CCCC(O)c1ccc(F)c(C)c1. The van der Waals surface area contributed by atoms with Gasteiger partial charge < -0.3 is 10.4 Å². The lowest BCUT2D eigenvalue weighted by atomic mass is 10.0. The van der Waals surface area contributed by atoms with E-state index in [2.05, 4.69) is 5.32 Å². The van der Waals surface area contributed by atoms with Crippen LogP contribution in [0.2, 0.25) is 0 Å². The topological polar surface area (TPSA) is 49.3 Å². The fourth-order valence-electron chi connectivity index (χ4n) is 1.78. The summed E-state index contributed by atoms with van der Waals surface area (Å²) < 4.78 is 13.1. The highest BCUT2D eigenvalue weighted by molar-refractivity contribution is 5.75. The highest BCUT2D eigenvalue weighted by Gasteiger charge is 2.10. The van der Waals surface area contributed by atoms with E-state index in [4.69, 9.17) is 0 Å². The average Bonchev–Trinajstić information content (AvgIpc) is 2.33. The first-order chi connectivity index (χ1) is 8.54. The van der Waals surface area contributed by atoms with E-state index in [9.17, 15) is 14.3 Å². The molecule has 0 heterocycles. The summed E-state index contributed by atoms with van der Waals surface area (Å²) in [6, 6.07) is 4.59. The summed E-state index contributed by atoms with van der Waals surface area (Å²) in [5.41, 5.74) is 1.22. The number of carbonyl (C=O) groups excluding carboxylic acids is 1. The third-order valence-electron chi connectivity index (χ3n) is 2.82. The van der Waals surface area contributed by atoms with Crippen molar-refractivity contribution in [2.24, 2.45) is 0 Å². The molecular weight excluding hydrogens is 233 g/mol. The van der Waals surface area contributed by atoms with Crippen LogP contribution in [0.15, 0.2) is 18.2 Å². The molecule has 0 saturated carbocycles. The van der Waals surface area contributed by atoms with Crippen LogP contribution in [0.5, 0.6) is 0 Å². The number of aryl methyl sites for hydroxylation is 1. The molecule has 1 unspecified atom stereocenters. The third kappa shape index (κ3) is 4.45. The summed E-state index contributed by atoms with van der Waals surface area (Å²) >= 11 is 0. The number of rotatable bonds is 6. The zero-order valence-electron chi connectivity index (χ0n) is 10.9. The average molecular weight is 253 g/mol. The van der Waals surface area contributed by atoms with Gasteiger partial charge in [-0.25, -0.2) is 4.39 Å². The zero-order valence-corrected chi connectivity index (χ0v) is 10.9. The maximum atomic E-state index is 13.1. The molecule has 0 aliphatic rings. The van der Waals surface area contributed by atoms with Gasteiger partial charge in [0.2, 0.25) is 5.91 Å². The van der Waals surface area contributed by atoms with Crippen molar-refractivity contribution in [2.75, 3.05) is 6.54 Å². The number of benzene rings is 1. The minimum atomic E-state index is -0.640. The van der Waals surface area contributed by atoms with Crippen LogP contribution < -0.4 is 5.32 Å². The molecule has 4 heteroatoms. The molecular formula is C14H20FNO2. The molecule has 100 valence electrons. The largest absolute Gasteiger partial charge is 0.388 e. The number of hydrogen-bond acceptors (Lipinski definition) is 2. The Morgan fingerprint density at radius 1 is 1.50 bits per heavy atom. The van der Waals surface area contributed by atoms with E-state index in [0.717, 1.165) is 0 Å². The molecule has 0 saturated heterocycles. The second kappa shape index (κ2) is 7.11. The minimum Gasteiger partial charge on any atom is -0.388 e. The molecule has 0 aliphatic carbocycles. The summed E-state index contributed by atoms with van der Waals surface area (Å²) in [4.78, 5) is 11.2. The first-order valence-corrected chi connectivity index (χ1v) is 6.25. The van der Waals surface area contributed by atoms with Crippen molar-refractivity contribution in [3.05, 3.63) is 35.1 Å². The summed E-state index contributed by atoms with van der Waals surface area (Å²) in [5, 5.41) is 12.6. The molecule has 0 aliphatic heterocycles. The van der Waals surface area contributed by atoms with Crippen LogP contribution in [0.3, 0.4) is 0 Å². The molecule has 1 aromatic rings. The van der Waals surface area contributed by atoms with Gasteiger partial charge in [0.25, 0.3) is 0 Å². The van der Waals surface area contributed by atoms with Gasteiger partial charge in [0.05, 0.1) is 6.10 Å². The molecule has 0 aromatic heterocycles. The molecule has 3 nitrogen and oxygen atoms in total. The molecule has 1 amide bonds. The van der Waals surface area contributed by atoms with Gasteiger partial charge in [0.15, 0.2) is 0 Å². The molecule has 0 bridgehead atoms. The quantitative estimate of drug-likeness (QED) is 0.818. The number of carbonyl (C=O) groups is 1. The third-order valence-corrected chi connectivity index (χ3v) is 2.82. The Morgan fingerprint density at radius 3 is 2.83 bits per heavy atom. The Bertz CT molecular complexity index is 407. The normalized spacial score (nSPS) is 12.2. The van der Waals surface area contributed by atoms with E-state index < -0.39 is 6.10 Å². The molecule has 0 fully saturated rings. The van der Waals surface area contributed by atoms with Gasteiger partial charge in [0, 0.05) is 13.0 Å². The zero-order chi connectivity index (χ0) is 13.5. The van der Waals surface area contributed by atoms with Gasteiger partial charge in [0.1, 0.15) is 5.82 Å². The Hall–Kier alpha value is -1.42. The van der Waals surface area contributed by atoms with Crippen LogP contribution in [0, 0.1) is 12.7 Å². The van der Waals surface area contributed by atoms with Crippen LogP contribution in [-0.4, -0.2) is 17.6 Å². The Balaban J connectivity index is 2.43. The number of halogens is 1. The second-order valence-electron chi connectivity index (χ2n) is 4.37. The summed E-state index contributed by atoms with van der Waals surface area (Å²) in [6.07, 6.45) is 0.884. The molecule has 0 spiro atoms. The first-order valence-electron chi connectivity index (χ1n) is 6.25. The predicted molar refractivity (Wildman–Crippen MR) is 68.6 cm³/mol. The molecule has 1 rings (SSSR count). The van der Waals surface area contributed by atoms with Crippen molar-refractivity contribution >= 4 is 5.91 Å². The predicted octanol–water partition coefficient (Wildman–Crippen LogP) is 2.47. The van der Waals surface area contributed by atoms with E-state index in [1.165, 1.54) is 6.07 Å². The maximum absolute atomic E-state index is 13.1. The monoisotopic (exact) mass is 253 g/mol. The van der Waals surface area contributed by atoms with Crippen LogP contribution in [0.4, 0.5) is 4.39 Å². The summed E-state index contributed by atoms with van der Waals surface area (Å²) in [6.45, 7) is 4.16. The molecule has 1 aromatic carbocycles. The minimum absolute atomic E-state index is 0.0000123. The lowest BCUT2D eigenvalue weighted by Gasteiger charge is -2.11. The van der Waals surface area contributed by atoms with E-state index in [1.807, 2.05) is 6.92 Å². The molecule has 1 atom stereocenters. The number of hydrogen-bond donors (Lipinski definition) is 2. The highest BCUT2D eigenvalue weighted by Crippen LogP contribution is 2.21. The number of amides is 1. The fraction of sp³-hybridized carbons (Fsp3) is 0.500. The van der Waals surface area contributed by atoms with Gasteiger partial charge in [-0.3, -0.25) is 4.79 Å². The fourth-order valence-corrected chi connectivity index (χ4v) is 1.78. The highest BCUT2D eigenvalue weighted by atomic mass is 19.1. The standard InChI is InChI=1S/C14H20FNO2/c1-3-16-14(18)6-4-5-13(17)11-7-8-12(15)10(2)9-11/h7-9,13,17H,3-6H2,1-2H3,(H,16,18). The Kier molecular flexibility index (Phi) is 5.78. The van der Waals surface area contributed by atoms with Crippen LogP contribution >= 0.6 is 0 Å². The lowest BCUT2D eigenvalue weighted by molar-refractivity contribution is -0.121. The van der Waals surface area contributed by atoms with Crippen LogP contribution in [-0.2, 0) is 4.79 Å². The number of nitrogens with one attached hydrogen (secondary N) is 1. The van der Waals surface area contributed by atoms with Crippen molar-refractivity contribution in [1.29, 1.82) is 0 Å². The first kappa shape index (κ1) is 14.6. The van der Waals surface area contributed by atoms with Crippen LogP contribution in [0.25, 0.3) is 0 Å². The van der Waals surface area contributed by atoms with E-state index in [0.29, 0.717) is 36.9 Å². The van der Waals surface area contributed by atoms with Gasteiger partial charge in [-0.05, 0) is 43.9 Å². The summed E-state index contributed by atoms with van der Waals surface area (Å²) in [7, 11) is 0. The van der Waals surface area contributed by atoms with Crippen LogP contribution in [0.1, 0.15) is 43.4 Å². The smallest absolute Gasteiger partial charge is 0.219 e. The molecule has 0 radical (unpaired) electrons. The maximum Gasteiger partial charge on any atom is 0.219 e. The lowest BCUT2D eigenvalue weighted by Crippen LogP contribution is -2.22. The van der Waals surface area contributed by atoms with Gasteiger partial charge in [-0.1, -0.05) is 12.1 Å². The Morgan fingerprint density at radius 2 is 2.22 bits per heavy atom. The second-order valence-corrected chi connectivity index (χ2v) is 4.37. The molecule has 18 heavy (non-hydrogen) atoms. The number of aliphatic hydroxyl groups excluding tert-OH is 1. The van der Waals surface area contributed by atoms with Crippen molar-refractivity contribution in [3.63, 3.8) is 0 Å². The van der Waals surface area contributed by atoms with Crippen molar-refractivity contribution < 1.29 is 14.3 Å². The van der Waals surface area contributed by atoms with Crippen molar-refractivity contribution in [1.82, 2.24) is 5.32 Å².